The molecule has 2 aromatic heterocycles. The van der Waals surface area contributed by atoms with E-state index in [1.54, 1.807) is 28.8 Å². The SMILES string of the molecule is CC(C)(C)c1ccc(-c2nc(SCOc3ccc(Cl)cc3)n3[nH]c(=O)cc3n2)cc1. The molecule has 8 heteroatoms. The van der Waals surface area contributed by atoms with Crippen molar-refractivity contribution in [2.24, 2.45) is 0 Å². The van der Waals surface area contributed by atoms with Gasteiger partial charge in [-0.3, -0.25) is 9.89 Å². The molecule has 0 unspecified atom stereocenters. The van der Waals surface area contributed by atoms with E-state index >= 15 is 0 Å². The van der Waals surface area contributed by atoms with Crippen LogP contribution in [-0.4, -0.2) is 25.5 Å². The van der Waals surface area contributed by atoms with E-state index in [0.717, 1.165) is 5.56 Å². The summed E-state index contributed by atoms with van der Waals surface area (Å²) in [5.41, 5.74) is 2.47. The lowest BCUT2D eigenvalue weighted by Gasteiger charge is -2.19. The number of hydrogen-bond acceptors (Lipinski definition) is 5. The van der Waals surface area contributed by atoms with Crippen molar-refractivity contribution in [1.82, 2.24) is 19.6 Å². The molecule has 0 amide bonds. The highest BCUT2D eigenvalue weighted by atomic mass is 35.5. The highest BCUT2D eigenvalue weighted by Crippen LogP contribution is 2.26. The fraction of sp³-hybridized carbons (Fsp3) is 0.227. The van der Waals surface area contributed by atoms with E-state index in [2.05, 4.69) is 48.0 Å². The van der Waals surface area contributed by atoms with Gasteiger partial charge in [-0.05, 0) is 47.0 Å². The molecule has 6 nitrogen and oxygen atoms in total. The Bertz CT molecular complexity index is 1230. The number of aromatic nitrogens is 4. The van der Waals surface area contributed by atoms with E-state index in [1.807, 2.05) is 12.1 Å². The maximum atomic E-state index is 11.9. The Balaban J connectivity index is 1.62. The Kier molecular flexibility index (Phi) is 5.58. The number of thioether (sulfide) groups is 1. The topological polar surface area (TPSA) is 72.3 Å². The van der Waals surface area contributed by atoms with Gasteiger partial charge in [0, 0.05) is 16.7 Å². The third-order valence-corrected chi connectivity index (χ3v) is 5.58. The van der Waals surface area contributed by atoms with Gasteiger partial charge in [0.1, 0.15) is 11.7 Å². The van der Waals surface area contributed by atoms with Crippen LogP contribution in [-0.2, 0) is 5.41 Å². The zero-order valence-electron chi connectivity index (χ0n) is 16.8. The fourth-order valence-corrected chi connectivity index (χ4v) is 3.76. The molecule has 0 radical (unpaired) electrons. The number of fused-ring (bicyclic) bond motifs is 1. The van der Waals surface area contributed by atoms with Crippen LogP contribution in [0.5, 0.6) is 5.75 Å². The van der Waals surface area contributed by atoms with Crippen LogP contribution >= 0.6 is 23.4 Å². The van der Waals surface area contributed by atoms with Gasteiger partial charge in [-0.1, -0.05) is 56.6 Å². The summed E-state index contributed by atoms with van der Waals surface area (Å²) in [7, 11) is 0. The van der Waals surface area contributed by atoms with Crippen LogP contribution in [0.3, 0.4) is 0 Å². The van der Waals surface area contributed by atoms with E-state index in [0.29, 0.717) is 33.3 Å². The molecule has 0 atom stereocenters. The first-order valence-corrected chi connectivity index (χ1v) is 10.8. The molecule has 4 rings (SSSR count). The van der Waals surface area contributed by atoms with Gasteiger partial charge in [0.2, 0.25) is 0 Å². The van der Waals surface area contributed by atoms with Crippen molar-refractivity contribution < 1.29 is 4.74 Å². The Labute approximate surface area is 183 Å². The summed E-state index contributed by atoms with van der Waals surface area (Å²) in [4.78, 5) is 21.1. The molecule has 1 N–H and O–H groups in total. The molecule has 2 aromatic carbocycles. The Morgan fingerprint density at radius 1 is 1.07 bits per heavy atom. The molecule has 0 bridgehead atoms. The molecule has 0 aliphatic heterocycles. The van der Waals surface area contributed by atoms with Crippen molar-refractivity contribution in [2.45, 2.75) is 31.3 Å². The Morgan fingerprint density at radius 2 is 1.77 bits per heavy atom. The normalized spacial score (nSPS) is 11.7. The molecule has 0 aliphatic rings. The fourth-order valence-electron chi connectivity index (χ4n) is 2.91. The summed E-state index contributed by atoms with van der Waals surface area (Å²) >= 11 is 7.27. The first-order chi connectivity index (χ1) is 14.3. The predicted molar refractivity (Wildman–Crippen MR) is 121 cm³/mol. The number of nitrogens with one attached hydrogen (secondary N) is 1. The van der Waals surface area contributed by atoms with Crippen LogP contribution in [0.1, 0.15) is 26.3 Å². The van der Waals surface area contributed by atoms with Gasteiger partial charge in [-0.2, -0.15) is 0 Å². The second kappa shape index (κ2) is 8.16. The average molecular weight is 441 g/mol. The molecule has 2 heterocycles. The highest BCUT2D eigenvalue weighted by molar-refractivity contribution is 7.99. The molecule has 0 aliphatic carbocycles. The number of nitrogens with zero attached hydrogens (tertiary/aromatic N) is 3. The van der Waals surface area contributed by atoms with E-state index < -0.39 is 0 Å². The third kappa shape index (κ3) is 4.52. The van der Waals surface area contributed by atoms with Gasteiger partial charge in [-0.25, -0.2) is 14.5 Å². The predicted octanol–water partition coefficient (Wildman–Crippen LogP) is 5.16. The zero-order chi connectivity index (χ0) is 21.3. The van der Waals surface area contributed by atoms with Gasteiger partial charge >= 0.3 is 0 Å². The van der Waals surface area contributed by atoms with E-state index in [-0.39, 0.29) is 11.0 Å². The Hall–Kier alpha value is -2.77. The van der Waals surface area contributed by atoms with Gasteiger partial charge in [0.15, 0.2) is 16.6 Å². The van der Waals surface area contributed by atoms with Crippen molar-refractivity contribution in [3.8, 4) is 17.1 Å². The van der Waals surface area contributed by atoms with Gasteiger partial charge in [-0.15, -0.1) is 0 Å². The summed E-state index contributed by atoms with van der Waals surface area (Å²) in [6.07, 6.45) is 0. The van der Waals surface area contributed by atoms with Gasteiger partial charge in [0.25, 0.3) is 5.56 Å². The molecule has 0 fully saturated rings. The molecule has 30 heavy (non-hydrogen) atoms. The quantitative estimate of drug-likeness (QED) is 0.342. The standard InChI is InChI=1S/C22H21ClN4O2S/c1-22(2,3)15-6-4-14(5-7-15)20-24-18-12-19(28)26-27(18)21(25-20)30-13-29-17-10-8-16(23)9-11-17/h4-12H,13H2,1-3H3,(H,26,28). The zero-order valence-corrected chi connectivity index (χ0v) is 18.4. The van der Waals surface area contributed by atoms with Gasteiger partial charge < -0.3 is 4.74 Å². The molecule has 0 spiro atoms. The minimum Gasteiger partial charge on any atom is -0.483 e. The summed E-state index contributed by atoms with van der Waals surface area (Å²) < 4.78 is 7.33. The third-order valence-electron chi connectivity index (χ3n) is 4.56. The summed E-state index contributed by atoms with van der Waals surface area (Å²) in [5, 5.41) is 3.97. The van der Waals surface area contributed by atoms with Crippen LogP contribution in [0, 0.1) is 0 Å². The van der Waals surface area contributed by atoms with Crippen molar-refractivity contribution in [3.05, 3.63) is 75.5 Å². The molecule has 154 valence electrons. The smallest absolute Gasteiger partial charge is 0.266 e. The van der Waals surface area contributed by atoms with Crippen LogP contribution in [0.2, 0.25) is 5.02 Å². The molecular formula is C22H21ClN4O2S. The van der Waals surface area contributed by atoms with Gasteiger partial charge in [0.05, 0.1) is 0 Å². The molecule has 0 saturated carbocycles. The number of benzene rings is 2. The Morgan fingerprint density at radius 3 is 2.43 bits per heavy atom. The molecular weight excluding hydrogens is 420 g/mol. The maximum absolute atomic E-state index is 11.9. The number of ether oxygens (including phenoxy) is 1. The number of rotatable bonds is 5. The van der Waals surface area contributed by atoms with E-state index in [4.69, 9.17) is 16.3 Å². The summed E-state index contributed by atoms with van der Waals surface area (Å²) in [6, 6.07) is 16.8. The van der Waals surface area contributed by atoms with E-state index in [9.17, 15) is 4.79 Å². The molecule has 4 aromatic rings. The largest absolute Gasteiger partial charge is 0.483 e. The monoisotopic (exact) mass is 440 g/mol. The average Bonchev–Trinajstić information content (AvgIpc) is 3.09. The minimum absolute atomic E-state index is 0.0668. The lowest BCUT2D eigenvalue weighted by atomic mass is 9.87. The summed E-state index contributed by atoms with van der Waals surface area (Å²) in [6.45, 7) is 6.52. The van der Waals surface area contributed by atoms with Crippen LogP contribution < -0.4 is 10.3 Å². The van der Waals surface area contributed by atoms with Crippen molar-refractivity contribution in [1.29, 1.82) is 0 Å². The van der Waals surface area contributed by atoms with E-state index in [1.165, 1.54) is 23.4 Å². The van der Waals surface area contributed by atoms with Crippen LogP contribution in [0.4, 0.5) is 0 Å². The number of halogens is 1. The second-order valence-electron chi connectivity index (χ2n) is 7.83. The number of aromatic amines is 1. The van der Waals surface area contributed by atoms with Crippen molar-refractivity contribution in [2.75, 3.05) is 5.94 Å². The van der Waals surface area contributed by atoms with Crippen LogP contribution in [0.25, 0.3) is 17.0 Å². The lowest BCUT2D eigenvalue weighted by Crippen LogP contribution is -2.10. The number of H-pyrrole nitrogens is 1. The molecule has 0 saturated heterocycles. The van der Waals surface area contributed by atoms with Crippen molar-refractivity contribution >= 4 is 29.0 Å². The first kappa shape index (κ1) is 20.5. The van der Waals surface area contributed by atoms with Crippen molar-refractivity contribution in [3.63, 3.8) is 0 Å². The maximum Gasteiger partial charge on any atom is 0.266 e. The lowest BCUT2D eigenvalue weighted by molar-refractivity contribution is 0.392. The first-order valence-electron chi connectivity index (χ1n) is 9.41. The van der Waals surface area contributed by atoms with Crippen LogP contribution in [0.15, 0.2) is 64.5 Å². The second-order valence-corrected chi connectivity index (χ2v) is 9.16. The summed E-state index contributed by atoms with van der Waals surface area (Å²) in [5.74, 6) is 1.58. The highest BCUT2D eigenvalue weighted by Gasteiger charge is 2.15. The number of hydrogen-bond donors (Lipinski definition) is 1. The minimum atomic E-state index is -0.231.